The molecule has 4 heterocycles. The van der Waals surface area contributed by atoms with Gasteiger partial charge in [0.05, 0.1) is 6.20 Å². The average Bonchev–Trinajstić information content (AvgIpc) is 3.19. The van der Waals surface area contributed by atoms with Gasteiger partial charge < -0.3 is 26.2 Å². The molecule has 9 heteroatoms. The van der Waals surface area contributed by atoms with Crippen molar-refractivity contribution in [2.45, 2.75) is 37.8 Å². The third-order valence-corrected chi connectivity index (χ3v) is 6.33. The van der Waals surface area contributed by atoms with Gasteiger partial charge in [0.25, 0.3) is 5.91 Å². The summed E-state index contributed by atoms with van der Waals surface area (Å²) in [6.07, 6.45) is 5.94. The van der Waals surface area contributed by atoms with E-state index < -0.39 is 0 Å². The predicted molar refractivity (Wildman–Crippen MR) is 117 cm³/mol. The smallest absolute Gasteiger partial charge is 0.263 e. The molecule has 1 atom stereocenters. The molecule has 2 aromatic rings. The second-order valence-corrected chi connectivity index (χ2v) is 8.83. The maximum Gasteiger partial charge on any atom is 0.263 e. The highest BCUT2D eigenvalue weighted by Gasteiger charge is 2.20. The molecule has 0 spiro atoms. The lowest BCUT2D eigenvalue weighted by Gasteiger charge is -2.29. The Balaban J connectivity index is 1.32. The average molecular weight is 416 g/mol. The van der Waals surface area contributed by atoms with Gasteiger partial charge in [-0.25, -0.2) is 9.97 Å². The van der Waals surface area contributed by atoms with E-state index in [-0.39, 0.29) is 11.9 Å². The van der Waals surface area contributed by atoms with E-state index in [4.69, 9.17) is 0 Å². The SMILES string of the molecule is CN1CCC(NC(=O)c2cnc(Nc3cccc(N[C@H]4CCCNC4)n3)s2)CC1. The fourth-order valence-electron chi connectivity index (χ4n) is 3.72. The van der Waals surface area contributed by atoms with Crippen LogP contribution in [0.2, 0.25) is 0 Å². The van der Waals surface area contributed by atoms with E-state index in [2.05, 4.69) is 43.2 Å². The van der Waals surface area contributed by atoms with E-state index in [1.54, 1.807) is 6.20 Å². The number of amides is 1. The highest BCUT2D eigenvalue weighted by atomic mass is 32.1. The third-order valence-electron chi connectivity index (χ3n) is 5.42. The fourth-order valence-corrected chi connectivity index (χ4v) is 4.45. The molecule has 2 aliphatic heterocycles. The van der Waals surface area contributed by atoms with Crippen LogP contribution >= 0.6 is 11.3 Å². The molecule has 0 bridgehead atoms. The van der Waals surface area contributed by atoms with Crippen molar-refractivity contribution in [3.05, 3.63) is 29.3 Å². The largest absolute Gasteiger partial charge is 0.366 e. The summed E-state index contributed by atoms with van der Waals surface area (Å²) >= 11 is 1.35. The van der Waals surface area contributed by atoms with Gasteiger partial charge in [0, 0.05) is 18.6 Å². The highest BCUT2D eigenvalue weighted by Crippen LogP contribution is 2.23. The van der Waals surface area contributed by atoms with Crippen LogP contribution in [0, 0.1) is 0 Å². The lowest BCUT2D eigenvalue weighted by atomic mass is 10.1. The summed E-state index contributed by atoms with van der Waals surface area (Å²) < 4.78 is 0. The molecule has 29 heavy (non-hydrogen) atoms. The normalized spacial score (nSPS) is 20.9. The van der Waals surface area contributed by atoms with Crippen LogP contribution in [0.3, 0.4) is 0 Å². The molecule has 0 aromatic carbocycles. The molecule has 0 unspecified atom stereocenters. The number of nitrogens with zero attached hydrogens (tertiary/aromatic N) is 3. The molecular formula is C20H29N7OS. The topological polar surface area (TPSA) is 94.2 Å². The van der Waals surface area contributed by atoms with Gasteiger partial charge in [-0.15, -0.1) is 0 Å². The molecule has 8 nitrogen and oxygen atoms in total. The maximum absolute atomic E-state index is 12.5. The van der Waals surface area contributed by atoms with Crippen molar-refractivity contribution in [1.29, 1.82) is 0 Å². The van der Waals surface area contributed by atoms with Crippen molar-refractivity contribution < 1.29 is 4.79 Å². The van der Waals surface area contributed by atoms with E-state index in [0.29, 0.717) is 16.1 Å². The number of nitrogens with one attached hydrogen (secondary N) is 4. The van der Waals surface area contributed by atoms with Gasteiger partial charge in [0.15, 0.2) is 5.13 Å². The van der Waals surface area contributed by atoms with Crippen LogP contribution in [-0.2, 0) is 0 Å². The number of carbonyl (C=O) groups excluding carboxylic acids is 1. The van der Waals surface area contributed by atoms with Crippen LogP contribution in [-0.4, -0.2) is 66.1 Å². The molecule has 4 N–H and O–H groups in total. The zero-order valence-electron chi connectivity index (χ0n) is 16.8. The minimum absolute atomic E-state index is 0.0433. The Bertz CT molecular complexity index is 813. The molecule has 2 fully saturated rings. The van der Waals surface area contributed by atoms with E-state index in [1.165, 1.54) is 17.8 Å². The lowest BCUT2D eigenvalue weighted by Crippen LogP contribution is -2.43. The van der Waals surface area contributed by atoms with Gasteiger partial charge in [-0.05, 0) is 64.5 Å². The van der Waals surface area contributed by atoms with Gasteiger partial charge in [-0.1, -0.05) is 17.4 Å². The molecule has 1 amide bonds. The van der Waals surface area contributed by atoms with E-state index in [0.717, 1.165) is 57.1 Å². The summed E-state index contributed by atoms with van der Waals surface area (Å²) in [7, 11) is 2.11. The molecule has 4 rings (SSSR count). The van der Waals surface area contributed by atoms with Gasteiger partial charge >= 0.3 is 0 Å². The van der Waals surface area contributed by atoms with E-state index in [9.17, 15) is 4.79 Å². The predicted octanol–water partition coefficient (Wildman–Crippen LogP) is 2.27. The van der Waals surface area contributed by atoms with Crippen molar-refractivity contribution in [3.8, 4) is 0 Å². The Morgan fingerprint density at radius 2 is 2.03 bits per heavy atom. The summed E-state index contributed by atoms with van der Waals surface area (Å²) in [5, 5.41) is 13.9. The number of piperidine rings is 2. The van der Waals surface area contributed by atoms with Crippen LogP contribution < -0.4 is 21.3 Å². The van der Waals surface area contributed by atoms with Crippen molar-refractivity contribution in [3.63, 3.8) is 0 Å². The Hall–Kier alpha value is -2.23. The van der Waals surface area contributed by atoms with Crippen molar-refractivity contribution in [2.24, 2.45) is 0 Å². The lowest BCUT2D eigenvalue weighted by molar-refractivity contribution is 0.0921. The number of aromatic nitrogens is 2. The Kier molecular flexibility index (Phi) is 6.58. The van der Waals surface area contributed by atoms with Gasteiger partial charge in [-0.2, -0.15) is 0 Å². The number of rotatable bonds is 6. The van der Waals surface area contributed by atoms with Crippen LogP contribution in [0.5, 0.6) is 0 Å². The van der Waals surface area contributed by atoms with Crippen LogP contribution in [0.25, 0.3) is 0 Å². The van der Waals surface area contributed by atoms with Crippen molar-refractivity contribution >= 4 is 34.0 Å². The highest BCUT2D eigenvalue weighted by molar-refractivity contribution is 7.17. The Morgan fingerprint density at radius 3 is 2.83 bits per heavy atom. The number of anilines is 3. The van der Waals surface area contributed by atoms with Crippen LogP contribution in [0.15, 0.2) is 24.4 Å². The fraction of sp³-hybridized carbons (Fsp3) is 0.550. The van der Waals surface area contributed by atoms with Gasteiger partial charge in [0.2, 0.25) is 0 Å². The first-order valence-electron chi connectivity index (χ1n) is 10.3. The number of pyridine rings is 1. The number of likely N-dealkylation sites (tertiary alicyclic amines) is 1. The Morgan fingerprint density at radius 1 is 1.21 bits per heavy atom. The summed E-state index contributed by atoms with van der Waals surface area (Å²) in [5.74, 6) is 1.52. The third kappa shape index (κ3) is 5.65. The van der Waals surface area contributed by atoms with Gasteiger partial charge in [-0.3, -0.25) is 4.79 Å². The molecule has 2 aliphatic rings. The number of hydrogen-bond acceptors (Lipinski definition) is 8. The zero-order chi connectivity index (χ0) is 20.1. The van der Waals surface area contributed by atoms with Crippen molar-refractivity contribution in [2.75, 3.05) is 43.9 Å². The van der Waals surface area contributed by atoms with Crippen LogP contribution in [0.4, 0.5) is 16.8 Å². The Labute approximate surface area is 175 Å². The molecule has 156 valence electrons. The van der Waals surface area contributed by atoms with E-state index in [1.807, 2.05) is 18.2 Å². The minimum Gasteiger partial charge on any atom is -0.366 e. The quantitative estimate of drug-likeness (QED) is 0.575. The number of thiazole rings is 1. The van der Waals surface area contributed by atoms with E-state index >= 15 is 0 Å². The summed E-state index contributed by atoms with van der Waals surface area (Å²) in [5.41, 5.74) is 0. The molecule has 2 aromatic heterocycles. The molecular weight excluding hydrogens is 386 g/mol. The second-order valence-electron chi connectivity index (χ2n) is 7.80. The molecule has 0 aliphatic carbocycles. The number of hydrogen-bond donors (Lipinski definition) is 4. The number of carbonyl (C=O) groups is 1. The first-order chi connectivity index (χ1) is 14.2. The zero-order valence-corrected chi connectivity index (χ0v) is 17.6. The second kappa shape index (κ2) is 9.51. The summed E-state index contributed by atoms with van der Waals surface area (Å²) in [4.78, 5) is 24.4. The first kappa shape index (κ1) is 20.1. The summed E-state index contributed by atoms with van der Waals surface area (Å²) in [6.45, 7) is 4.09. The summed E-state index contributed by atoms with van der Waals surface area (Å²) in [6, 6.07) is 6.50. The van der Waals surface area contributed by atoms with Gasteiger partial charge in [0.1, 0.15) is 16.5 Å². The minimum atomic E-state index is -0.0433. The first-order valence-corrected chi connectivity index (χ1v) is 11.1. The molecule has 0 saturated carbocycles. The monoisotopic (exact) mass is 415 g/mol. The van der Waals surface area contributed by atoms with Crippen molar-refractivity contribution in [1.82, 2.24) is 25.5 Å². The van der Waals surface area contributed by atoms with Crippen LogP contribution in [0.1, 0.15) is 35.4 Å². The molecule has 0 radical (unpaired) electrons. The molecule has 2 saturated heterocycles. The maximum atomic E-state index is 12.5. The standard InChI is InChI=1S/C20H29N7OS/c1-27-10-7-14(8-11-27)24-19(28)16-13-22-20(29-16)26-18-6-2-5-17(25-18)23-15-4-3-9-21-12-15/h2,5-6,13-15,21H,3-4,7-12H2,1H3,(H,24,28)(H2,22,23,25,26)/t15-/m0/s1.